The van der Waals surface area contributed by atoms with Crippen LogP contribution in [0.4, 0.5) is 0 Å². The first kappa shape index (κ1) is 17.2. The summed E-state index contributed by atoms with van der Waals surface area (Å²) in [5, 5.41) is 0. The summed E-state index contributed by atoms with van der Waals surface area (Å²) in [6.45, 7) is 11.6. The van der Waals surface area contributed by atoms with Crippen LogP contribution in [0.5, 0.6) is 0 Å². The van der Waals surface area contributed by atoms with Gasteiger partial charge in [0.25, 0.3) is 0 Å². The van der Waals surface area contributed by atoms with Gasteiger partial charge in [-0.05, 0) is 60.3 Å². The molecule has 122 valence electrons. The molecule has 0 aliphatic heterocycles. The Morgan fingerprint density at radius 3 is 2.64 bits per heavy atom. The fourth-order valence-corrected chi connectivity index (χ4v) is 5.25. The zero-order valence-corrected chi connectivity index (χ0v) is 14.4. The number of carbonyl (C=O) groups excluding carboxylic acids is 2. The van der Waals surface area contributed by atoms with Crippen LogP contribution >= 0.6 is 0 Å². The molecule has 0 heterocycles. The van der Waals surface area contributed by atoms with Gasteiger partial charge in [-0.25, -0.2) is 0 Å². The van der Waals surface area contributed by atoms with E-state index in [0.29, 0.717) is 16.9 Å². The summed E-state index contributed by atoms with van der Waals surface area (Å²) in [4.78, 5) is 21.7. The Balaban J connectivity index is 2.26. The van der Waals surface area contributed by atoms with Crippen molar-refractivity contribution < 1.29 is 9.59 Å². The van der Waals surface area contributed by atoms with Crippen molar-refractivity contribution in [3.05, 3.63) is 23.8 Å². The minimum absolute atomic E-state index is 0.230. The first-order valence-corrected chi connectivity index (χ1v) is 8.60. The van der Waals surface area contributed by atoms with Crippen LogP contribution in [0.3, 0.4) is 0 Å². The van der Waals surface area contributed by atoms with Gasteiger partial charge >= 0.3 is 0 Å². The highest BCUT2D eigenvalue weighted by Gasteiger charge is 2.52. The predicted molar refractivity (Wildman–Crippen MR) is 90.5 cm³/mol. The van der Waals surface area contributed by atoms with E-state index in [9.17, 15) is 9.59 Å². The molecule has 0 bridgehead atoms. The van der Waals surface area contributed by atoms with Crippen molar-refractivity contribution in [3.63, 3.8) is 0 Å². The molecule has 0 aromatic rings. The number of fused-ring (bicyclic) bond motifs is 1. The zero-order chi connectivity index (χ0) is 16.4. The molecule has 0 amide bonds. The molecule has 2 nitrogen and oxygen atoms in total. The Morgan fingerprint density at radius 1 is 1.27 bits per heavy atom. The van der Waals surface area contributed by atoms with E-state index >= 15 is 0 Å². The summed E-state index contributed by atoms with van der Waals surface area (Å²) in [5.74, 6) is 1.16. The van der Waals surface area contributed by atoms with Crippen LogP contribution in [0.2, 0.25) is 0 Å². The van der Waals surface area contributed by atoms with Crippen LogP contribution in [0.1, 0.15) is 65.7 Å². The minimum Gasteiger partial charge on any atom is -0.303 e. The van der Waals surface area contributed by atoms with Gasteiger partial charge in [-0.15, -0.1) is 0 Å². The highest BCUT2D eigenvalue weighted by atomic mass is 16.1. The molecule has 2 saturated carbocycles. The van der Waals surface area contributed by atoms with E-state index in [1.165, 1.54) is 31.3 Å². The average Bonchev–Trinajstić information content (AvgIpc) is 2.44. The SMILES string of the molecule is C=C1CC[C@H]2C(C)(C)CCC[C@@]2(C)[C@H]1C/C=C(/C=O)CC=O. The lowest BCUT2D eigenvalue weighted by atomic mass is 9.47. The molecule has 0 saturated heterocycles. The van der Waals surface area contributed by atoms with Gasteiger partial charge in [-0.2, -0.15) is 0 Å². The van der Waals surface area contributed by atoms with Crippen LogP contribution < -0.4 is 0 Å². The second kappa shape index (κ2) is 6.52. The fourth-order valence-electron chi connectivity index (χ4n) is 5.25. The maximum absolute atomic E-state index is 11.1. The van der Waals surface area contributed by atoms with Crippen molar-refractivity contribution in [2.24, 2.45) is 22.7 Å². The third-order valence-electron chi connectivity index (χ3n) is 6.41. The molecular formula is C20H30O2. The molecule has 2 heteroatoms. The monoisotopic (exact) mass is 302 g/mol. The Morgan fingerprint density at radius 2 is 2.00 bits per heavy atom. The molecular weight excluding hydrogens is 272 g/mol. The molecule has 2 rings (SSSR count). The maximum atomic E-state index is 11.1. The second-order valence-electron chi connectivity index (χ2n) is 8.15. The van der Waals surface area contributed by atoms with Crippen LogP contribution in [-0.4, -0.2) is 12.6 Å². The van der Waals surface area contributed by atoms with Gasteiger partial charge < -0.3 is 4.79 Å². The summed E-state index contributed by atoms with van der Waals surface area (Å²) in [6.07, 6.45) is 10.9. The molecule has 0 aromatic heterocycles. The molecule has 0 unspecified atom stereocenters. The average molecular weight is 302 g/mol. The highest BCUT2D eigenvalue weighted by Crippen LogP contribution is 2.61. The summed E-state index contributed by atoms with van der Waals surface area (Å²) in [5.41, 5.74) is 2.63. The summed E-state index contributed by atoms with van der Waals surface area (Å²) in [7, 11) is 0. The number of allylic oxidation sites excluding steroid dienone is 3. The van der Waals surface area contributed by atoms with Crippen molar-refractivity contribution in [2.45, 2.75) is 65.7 Å². The quantitative estimate of drug-likeness (QED) is 0.411. The number of aldehydes is 2. The first-order valence-electron chi connectivity index (χ1n) is 8.60. The highest BCUT2D eigenvalue weighted by molar-refractivity contribution is 5.78. The van der Waals surface area contributed by atoms with Gasteiger partial charge in [0.2, 0.25) is 0 Å². The van der Waals surface area contributed by atoms with E-state index in [1.807, 2.05) is 6.08 Å². The van der Waals surface area contributed by atoms with Gasteiger partial charge in [0.1, 0.15) is 12.6 Å². The predicted octanol–water partition coefficient (Wildman–Crippen LogP) is 4.89. The van der Waals surface area contributed by atoms with Crippen molar-refractivity contribution in [3.8, 4) is 0 Å². The Labute approximate surface area is 135 Å². The lowest BCUT2D eigenvalue weighted by Crippen LogP contribution is -2.49. The van der Waals surface area contributed by atoms with Crippen molar-refractivity contribution >= 4 is 12.6 Å². The maximum Gasteiger partial charge on any atom is 0.146 e. The Bertz CT molecular complexity index is 486. The lowest BCUT2D eigenvalue weighted by molar-refractivity contribution is -0.109. The second-order valence-corrected chi connectivity index (χ2v) is 8.15. The van der Waals surface area contributed by atoms with E-state index in [1.54, 1.807) is 0 Å². The smallest absolute Gasteiger partial charge is 0.146 e. The third-order valence-corrected chi connectivity index (χ3v) is 6.41. The first-order chi connectivity index (χ1) is 10.3. The van der Waals surface area contributed by atoms with Crippen molar-refractivity contribution in [1.82, 2.24) is 0 Å². The summed E-state index contributed by atoms with van der Waals surface area (Å²) in [6, 6.07) is 0. The summed E-state index contributed by atoms with van der Waals surface area (Å²) >= 11 is 0. The molecule has 2 fully saturated rings. The van der Waals surface area contributed by atoms with E-state index < -0.39 is 0 Å². The minimum atomic E-state index is 0.230. The van der Waals surface area contributed by atoms with Crippen molar-refractivity contribution in [2.75, 3.05) is 0 Å². The molecule has 0 spiro atoms. The molecule has 0 radical (unpaired) electrons. The third kappa shape index (κ3) is 3.11. The normalized spacial score (nSPS) is 34.9. The van der Waals surface area contributed by atoms with E-state index in [-0.39, 0.29) is 11.8 Å². The molecule has 3 atom stereocenters. The van der Waals surface area contributed by atoms with Gasteiger partial charge in [0.05, 0.1) is 0 Å². The fraction of sp³-hybridized carbons (Fsp3) is 0.700. The van der Waals surface area contributed by atoms with E-state index in [2.05, 4.69) is 27.4 Å². The van der Waals surface area contributed by atoms with Gasteiger partial charge in [-0.3, -0.25) is 4.79 Å². The standard InChI is InChI=1S/C20H30O2/c1-15-6-9-18-19(2,3)11-5-12-20(18,4)17(15)8-7-16(14-22)10-13-21/h7,13-14,17-18H,1,5-6,8-12H2,2-4H3/b16-7+/t17-,18-,20-/m0/s1. The molecule has 22 heavy (non-hydrogen) atoms. The zero-order valence-electron chi connectivity index (χ0n) is 14.4. The lowest BCUT2D eigenvalue weighted by Gasteiger charge is -2.58. The van der Waals surface area contributed by atoms with Crippen LogP contribution in [0.15, 0.2) is 23.8 Å². The van der Waals surface area contributed by atoms with E-state index in [4.69, 9.17) is 0 Å². The van der Waals surface area contributed by atoms with E-state index in [0.717, 1.165) is 31.3 Å². The number of rotatable bonds is 5. The van der Waals surface area contributed by atoms with Gasteiger partial charge in [0.15, 0.2) is 0 Å². The van der Waals surface area contributed by atoms with Crippen LogP contribution in [0.25, 0.3) is 0 Å². The summed E-state index contributed by atoms with van der Waals surface area (Å²) < 4.78 is 0. The topological polar surface area (TPSA) is 34.1 Å². The van der Waals surface area contributed by atoms with Crippen LogP contribution in [-0.2, 0) is 9.59 Å². The van der Waals surface area contributed by atoms with Gasteiger partial charge in [-0.1, -0.05) is 45.4 Å². The Kier molecular flexibility index (Phi) is 5.09. The Hall–Kier alpha value is -1.18. The van der Waals surface area contributed by atoms with Gasteiger partial charge in [0, 0.05) is 6.42 Å². The largest absolute Gasteiger partial charge is 0.303 e. The molecule has 2 aliphatic carbocycles. The number of carbonyl (C=O) groups is 2. The molecule has 0 aromatic carbocycles. The number of hydrogen-bond acceptors (Lipinski definition) is 2. The molecule has 2 aliphatic rings. The van der Waals surface area contributed by atoms with Crippen molar-refractivity contribution in [1.29, 1.82) is 0 Å². The molecule has 0 N–H and O–H groups in total. The van der Waals surface area contributed by atoms with Crippen LogP contribution in [0, 0.1) is 22.7 Å². The number of hydrogen-bond donors (Lipinski definition) is 0.